The molecule has 3 nitrogen and oxygen atoms in total. The van der Waals surface area contributed by atoms with Crippen LogP contribution in [0.5, 0.6) is 0 Å². The van der Waals surface area contributed by atoms with Gasteiger partial charge in [-0.15, -0.1) is 0 Å². The lowest BCUT2D eigenvalue weighted by Crippen LogP contribution is -2.19. The van der Waals surface area contributed by atoms with Crippen molar-refractivity contribution in [3.8, 4) is 0 Å². The standard InChI is InChI=1S/C16H22N2OS2/c1-10(2)15(19)17-16-18(6-7-20-5)13-9-11(3)8-12(4)14(13)21-16/h8-10H,6-7H2,1-5H3. The monoisotopic (exact) mass is 322 g/mol. The molecular weight excluding hydrogens is 300 g/mol. The van der Waals surface area contributed by atoms with Crippen LogP contribution in [-0.4, -0.2) is 22.5 Å². The molecule has 0 saturated heterocycles. The van der Waals surface area contributed by atoms with Crippen LogP contribution in [0.1, 0.15) is 25.0 Å². The van der Waals surface area contributed by atoms with E-state index in [-0.39, 0.29) is 11.8 Å². The van der Waals surface area contributed by atoms with Gasteiger partial charge in [0.1, 0.15) is 0 Å². The van der Waals surface area contributed by atoms with Gasteiger partial charge in [0, 0.05) is 18.2 Å². The third-order valence-electron chi connectivity index (χ3n) is 3.33. The van der Waals surface area contributed by atoms with E-state index in [1.165, 1.54) is 21.3 Å². The Bertz CT molecular complexity index is 726. The van der Waals surface area contributed by atoms with Crippen LogP contribution in [0.15, 0.2) is 17.1 Å². The van der Waals surface area contributed by atoms with Crippen molar-refractivity contribution >= 4 is 39.2 Å². The van der Waals surface area contributed by atoms with Crippen molar-refractivity contribution in [3.63, 3.8) is 0 Å². The molecule has 1 amide bonds. The molecule has 114 valence electrons. The van der Waals surface area contributed by atoms with E-state index in [9.17, 15) is 4.79 Å². The SMILES string of the molecule is CSCCn1c(=NC(=O)C(C)C)sc2c(C)cc(C)cc21. The minimum atomic E-state index is -0.0629. The first-order valence-electron chi connectivity index (χ1n) is 7.12. The zero-order valence-corrected chi connectivity index (χ0v) is 14.9. The van der Waals surface area contributed by atoms with Gasteiger partial charge in [-0.2, -0.15) is 16.8 Å². The van der Waals surface area contributed by atoms with Crippen LogP contribution in [0.2, 0.25) is 0 Å². The fraction of sp³-hybridized carbons (Fsp3) is 0.500. The van der Waals surface area contributed by atoms with Crippen LogP contribution < -0.4 is 4.80 Å². The lowest BCUT2D eigenvalue weighted by atomic mass is 10.1. The summed E-state index contributed by atoms with van der Waals surface area (Å²) >= 11 is 3.43. The number of fused-ring (bicyclic) bond motifs is 1. The summed E-state index contributed by atoms with van der Waals surface area (Å²) in [6.45, 7) is 8.90. The maximum Gasteiger partial charge on any atom is 0.250 e. The van der Waals surface area contributed by atoms with Gasteiger partial charge in [0.15, 0.2) is 4.80 Å². The molecule has 5 heteroatoms. The summed E-state index contributed by atoms with van der Waals surface area (Å²) in [6, 6.07) is 4.38. The van der Waals surface area contributed by atoms with Crippen molar-refractivity contribution in [2.45, 2.75) is 34.2 Å². The van der Waals surface area contributed by atoms with Gasteiger partial charge in [-0.05, 0) is 37.3 Å². The Morgan fingerprint density at radius 2 is 2.10 bits per heavy atom. The van der Waals surface area contributed by atoms with E-state index in [2.05, 4.69) is 41.8 Å². The van der Waals surface area contributed by atoms with Gasteiger partial charge in [0.2, 0.25) is 0 Å². The highest BCUT2D eigenvalue weighted by atomic mass is 32.2. The topological polar surface area (TPSA) is 34.4 Å². The van der Waals surface area contributed by atoms with E-state index in [1.807, 2.05) is 25.6 Å². The molecule has 0 aliphatic heterocycles. The number of rotatable bonds is 4. The Hall–Kier alpha value is -1.07. The van der Waals surface area contributed by atoms with E-state index in [1.54, 1.807) is 11.3 Å². The van der Waals surface area contributed by atoms with Crippen LogP contribution in [0.3, 0.4) is 0 Å². The van der Waals surface area contributed by atoms with Gasteiger partial charge in [-0.3, -0.25) is 4.79 Å². The van der Waals surface area contributed by atoms with Crippen LogP contribution in [-0.2, 0) is 11.3 Å². The summed E-state index contributed by atoms with van der Waals surface area (Å²) in [6.07, 6.45) is 2.10. The minimum Gasteiger partial charge on any atom is -0.315 e. The Labute approximate surface area is 134 Å². The summed E-state index contributed by atoms with van der Waals surface area (Å²) in [4.78, 5) is 17.2. The highest BCUT2D eigenvalue weighted by Crippen LogP contribution is 2.23. The first kappa shape index (κ1) is 16.3. The van der Waals surface area contributed by atoms with Crippen molar-refractivity contribution in [1.29, 1.82) is 0 Å². The Balaban J connectivity index is 2.69. The largest absolute Gasteiger partial charge is 0.315 e. The third kappa shape index (κ3) is 3.58. The smallest absolute Gasteiger partial charge is 0.250 e. The summed E-state index contributed by atoms with van der Waals surface area (Å²) in [7, 11) is 0. The van der Waals surface area contributed by atoms with Crippen LogP contribution in [0.4, 0.5) is 0 Å². The second-order valence-electron chi connectivity index (χ2n) is 5.56. The second-order valence-corrected chi connectivity index (χ2v) is 7.53. The number of nitrogens with zero attached hydrogens (tertiary/aromatic N) is 2. The Kier molecular flexibility index (Phi) is 5.27. The maximum atomic E-state index is 12.0. The Morgan fingerprint density at radius 1 is 1.38 bits per heavy atom. The number of carbonyl (C=O) groups excluding carboxylic acids is 1. The first-order valence-corrected chi connectivity index (χ1v) is 9.33. The number of benzene rings is 1. The van der Waals surface area contributed by atoms with Gasteiger partial charge in [-0.25, -0.2) is 0 Å². The summed E-state index contributed by atoms with van der Waals surface area (Å²) < 4.78 is 3.42. The fourth-order valence-corrected chi connectivity index (χ4v) is 3.70. The average molecular weight is 322 g/mol. The number of thiazole rings is 1. The lowest BCUT2D eigenvalue weighted by molar-refractivity contribution is -0.120. The van der Waals surface area contributed by atoms with Crippen molar-refractivity contribution < 1.29 is 4.79 Å². The summed E-state index contributed by atoms with van der Waals surface area (Å²) in [5.41, 5.74) is 3.70. The fourth-order valence-electron chi connectivity index (χ4n) is 2.22. The average Bonchev–Trinajstić information content (AvgIpc) is 2.74. The molecule has 1 aromatic heterocycles. The number of amides is 1. The van der Waals surface area contributed by atoms with Gasteiger partial charge in [-0.1, -0.05) is 31.3 Å². The molecule has 21 heavy (non-hydrogen) atoms. The molecule has 0 aliphatic rings. The number of aryl methyl sites for hydroxylation is 3. The predicted molar refractivity (Wildman–Crippen MR) is 93.1 cm³/mol. The van der Waals surface area contributed by atoms with E-state index >= 15 is 0 Å². The van der Waals surface area contributed by atoms with Crippen molar-refractivity contribution in [2.75, 3.05) is 12.0 Å². The van der Waals surface area contributed by atoms with E-state index < -0.39 is 0 Å². The molecule has 0 saturated carbocycles. The van der Waals surface area contributed by atoms with E-state index in [0.717, 1.165) is 17.1 Å². The molecule has 2 rings (SSSR count). The number of thioether (sulfide) groups is 1. The molecule has 0 fully saturated rings. The minimum absolute atomic E-state index is 0.0474. The predicted octanol–water partition coefficient (Wildman–Crippen LogP) is 3.77. The molecule has 0 spiro atoms. The highest BCUT2D eigenvalue weighted by Gasteiger charge is 2.11. The molecule has 0 radical (unpaired) electrons. The molecular formula is C16H22N2OS2. The van der Waals surface area contributed by atoms with Gasteiger partial charge >= 0.3 is 0 Å². The third-order valence-corrected chi connectivity index (χ3v) is 5.15. The zero-order valence-electron chi connectivity index (χ0n) is 13.3. The number of hydrogen-bond acceptors (Lipinski definition) is 3. The van der Waals surface area contributed by atoms with Gasteiger partial charge in [0.05, 0.1) is 10.2 Å². The molecule has 0 aliphatic carbocycles. The van der Waals surface area contributed by atoms with E-state index in [4.69, 9.17) is 0 Å². The molecule has 0 bridgehead atoms. The summed E-state index contributed by atoms with van der Waals surface area (Å²) in [5, 5.41) is 0. The van der Waals surface area contributed by atoms with Crippen LogP contribution >= 0.6 is 23.1 Å². The van der Waals surface area contributed by atoms with Crippen LogP contribution in [0.25, 0.3) is 10.2 Å². The van der Waals surface area contributed by atoms with Gasteiger partial charge < -0.3 is 4.57 Å². The molecule has 1 aromatic carbocycles. The first-order chi connectivity index (χ1) is 9.93. The number of carbonyl (C=O) groups is 1. The van der Waals surface area contributed by atoms with E-state index in [0.29, 0.717) is 0 Å². The van der Waals surface area contributed by atoms with Crippen molar-refractivity contribution in [1.82, 2.24) is 4.57 Å². The van der Waals surface area contributed by atoms with Gasteiger partial charge in [0.25, 0.3) is 5.91 Å². The molecule has 0 unspecified atom stereocenters. The van der Waals surface area contributed by atoms with Crippen molar-refractivity contribution in [3.05, 3.63) is 28.1 Å². The van der Waals surface area contributed by atoms with Crippen LogP contribution in [0, 0.1) is 19.8 Å². The Morgan fingerprint density at radius 3 is 2.71 bits per heavy atom. The molecule has 0 atom stereocenters. The zero-order chi connectivity index (χ0) is 15.6. The van der Waals surface area contributed by atoms with Crippen molar-refractivity contribution in [2.24, 2.45) is 10.9 Å². The molecule has 0 N–H and O–H groups in total. The molecule has 1 heterocycles. The maximum absolute atomic E-state index is 12.0. The normalized spacial score (nSPS) is 12.6. The quantitative estimate of drug-likeness (QED) is 0.859. The number of hydrogen-bond donors (Lipinski definition) is 0. The summed E-state index contributed by atoms with van der Waals surface area (Å²) in [5.74, 6) is 0.905. The molecule has 2 aromatic rings. The highest BCUT2D eigenvalue weighted by molar-refractivity contribution is 7.98. The lowest BCUT2D eigenvalue weighted by Gasteiger charge is -2.05. The number of aromatic nitrogens is 1. The second kappa shape index (κ2) is 6.79.